The number of hydrogen-bond acceptors (Lipinski definition) is 5. The second-order valence-electron chi connectivity index (χ2n) is 1.95. The van der Waals surface area contributed by atoms with E-state index in [2.05, 4.69) is 9.57 Å². The molecule has 1 aromatic rings. The van der Waals surface area contributed by atoms with Gasteiger partial charge in [0.05, 0.1) is 6.26 Å². The van der Waals surface area contributed by atoms with Gasteiger partial charge in [-0.25, -0.2) is 0 Å². The summed E-state index contributed by atoms with van der Waals surface area (Å²) >= 11 is 0. The molecule has 0 aliphatic heterocycles. The fraction of sp³-hybridized carbons (Fsp3) is 0. The quantitative estimate of drug-likeness (QED) is 0.226. The average Bonchev–Trinajstić information content (AvgIpc) is 2.08. The highest BCUT2D eigenvalue weighted by molar-refractivity contribution is 5.96. The number of nitrogens with zero attached hydrogens (tertiary/aromatic N) is 1. The fourth-order valence-electron chi connectivity index (χ4n) is 0.638. The molecule has 0 aromatic carbocycles. The molecule has 0 saturated carbocycles. The normalized spacial score (nSPS) is 11.5. The van der Waals surface area contributed by atoms with Gasteiger partial charge in [0.1, 0.15) is 0 Å². The Morgan fingerprint density at radius 1 is 1.67 bits per heavy atom. The zero-order chi connectivity index (χ0) is 9.14. The van der Waals surface area contributed by atoms with Gasteiger partial charge in [-0.2, -0.15) is 0 Å². The third kappa shape index (κ3) is 1.22. The Hall–Kier alpha value is -1.98. The lowest BCUT2D eigenvalue weighted by atomic mass is 10.3. The van der Waals surface area contributed by atoms with Crippen molar-refractivity contribution in [3.8, 4) is 5.75 Å². The molecule has 6 heteroatoms. The van der Waals surface area contributed by atoms with Gasteiger partial charge >= 0.3 is 0 Å². The number of aromatic hydroxyl groups is 1. The van der Waals surface area contributed by atoms with Crippen LogP contribution in [0.5, 0.6) is 5.75 Å². The predicted molar refractivity (Wildman–Crippen MR) is 39.2 cm³/mol. The predicted octanol–water partition coefficient (Wildman–Crippen LogP) is -0.560. The van der Waals surface area contributed by atoms with Crippen LogP contribution in [0.15, 0.2) is 26.7 Å². The highest BCUT2D eigenvalue weighted by Crippen LogP contribution is 2.08. The molecule has 1 rings (SSSR count). The first-order valence-electron chi connectivity index (χ1n) is 2.95. The minimum Gasteiger partial charge on any atom is -0.501 e. The van der Waals surface area contributed by atoms with E-state index in [1.807, 2.05) is 0 Å². The van der Waals surface area contributed by atoms with Crippen molar-refractivity contribution in [3.63, 3.8) is 0 Å². The standard InChI is InChI=1S/C6H6N2O4/c7-6(8-11)5-4(10)3(9)1-2-12-5/h1-2,10-11H,(H2,7,8). The van der Waals surface area contributed by atoms with Crippen LogP contribution in [0.2, 0.25) is 0 Å². The molecular weight excluding hydrogens is 164 g/mol. The van der Waals surface area contributed by atoms with Crippen LogP contribution in [0, 0.1) is 0 Å². The van der Waals surface area contributed by atoms with Crippen LogP contribution in [-0.2, 0) is 0 Å². The summed E-state index contributed by atoms with van der Waals surface area (Å²) in [7, 11) is 0. The summed E-state index contributed by atoms with van der Waals surface area (Å²) in [5, 5.41) is 19.8. The molecule has 0 aliphatic rings. The van der Waals surface area contributed by atoms with Crippen LogP contribution in [0.4, 0.5) is 0 Å². The molecule has 4 N–H and O–H groups in total. The van der Waals surface area contributed by atoms with E-state index in [4.69, 9.17) is 16.0 Å². The first-order chi connectivity index (χ1) is 5.66. The largest absolute Gasteiger partial charge is 0.501 e. The molecule has 0 spiro atoms. The van der Waals surface area contributed by atoms with Crippen molar-refractivity contribution in [2.75, 3.05) is 0 Å². The van der Waals surface area contributed by atoms with E-state index in [0.717, 1.165) is 12.3 Å². The molecule has 0 bridgehead atoms. The highest BCUT2D eigenvalue weighted by atomic mass is 16.4. The number of rotatable bonds is 1. The van der Waals surface area contributed by atoms with Gasteiger partial charge in [0.15, 0.2) is 0 Å². The summed E-state index contributed by atoms with van der Waals surface area (Å²) in [6, 6.07) is 1.02. The van der Waals surface area contributed by atoms with Crippen molar-refractivity contribution in [2.24, 2.45) is 10.9 Å². The Labute approximate surface area is 66.5 Å². The third-order valence-electron chi connectivity index (χ3n) is 1.19. The number of hydrogen-bond donors (Lipinski definition) is 3. The van der Waals surface area contributed by atoms with Crippen molar-refractivity contribution in [3.05, 3.63) is 28.3 Å². The Kier molecular flexibility index (Phi) is 2.00. The maximum atomic E-state index is 10.8. The smallest absolute Gasteiger partial charge is 0.227 e. The zero-order valence-corrected chi connectivity index (χ0v) is 5.89. The summed E-state index contributed by atoms with van der Waals surface area (Å²) in [6.07, 6.45) is 1.04. The van der Waals surface area contributed by atoms with Crippen LogP contribution in [0.25, 0.3) is 0 Å². The summed E-state index contributed by atoms with van der Waals surface area (Å²) < 4.78 is 4.63. The van der Waals surface area contributed by atoms with Crippen LogP contribution in [-0.4, -0.2) is 16.1 Å². The molecule has 64 valence electrons. The van der Waals surface area contributed by atoms with Gasteiger partial charge in [-0.15, -0.1) is 0 Å². The lowest BCUT2D eigenvalue weighted by Crippen LogP contribution is -2.16. The minimum atomic E-state index is -0.673. The second kappa shape index (κ2) is 2.95. The topological polar surface area (TPSA) is 109 Å². The molecule has 0 radical (unpaired) electrons. The average molecular weight is 170 g/mol. The molecule has 6 nitrogen and oxygen atoms in total. The summed E-state index contributed by atoms with van der Waals surface area (Å²) in [6.45, 7) is 0. The lowest BCUT2D eigenvalue weighted by molar-refractivity contribution is 0.316. The van der Waals surface area contributed by atoms with Crippen LogP contribution < -0.4 is 11.2 Å². The maximum Gasteiger partial charge on any atom is 0.227 e. The molecule has 1 aromatic heterocycles. The first-order valence-corrected chi connectivity index (χ1v) is 2.95. The molecule has 0 fully saturated rings. The van der Waals surface area contributed by atoms with Gasteiger partial charge < -0.3 is 20.5 Å². The van der Waals surface area contributed by atoms with Crippen molar-refractivity contribution >= 4 is 5.84 Å². The molecule has 0 amide bonds. The molecule has 0 unspecified atom stereocenters. The molecule has 0 saturated heterocycles. The van der Waals surface area contributed by atoms with Crippen molar-refractivity contribution in [2.45, 2.75) is 0 Å². The molecule has 12 heavy (non-hydrogen) atoms. The Balaban J connectivity index is 3.36. The Morgan fingerprint density at radius 3 is 2.92 bits per heavy atom. The fourth-order valence-corrected chi connectivity index (χ4v) is 0.638. The molecular formula is C6H6N2O4. The summed E-state index contributed by atoms with van der Waals surface area (Å²) in [5.41, 5.74) is 4.42. The zero-order valence-electron chi connectivity index (χ0n) is 5.89. The van der Waals surface area contributed by atoms with Gasteiger partial charge in [0.2, 0.25) is 22.8 Å². The SMILES string of the molecule is N/C(=N/O)c1occc(=O)c1O. The van der Waals surface area contributed by atoms with Crippen LogP contribution >= 0.6 is 0 Å². The number of oxime groups is 1. The van der Waals surface area contributed by atoms with E-state index in [-0.39, 0.29) is 5.76 Å². The number of nitrogens with two attached hydrogens (primary N) is 1. The third-order valence-corrected chi connectivity index (χ3v) is 1.19. The lowest BCUT2D eigenvalue weighted by Gasteiger charge is -1.97. The highest BCUT2D eigenvalue weighted by Gasteiger charge is 2.11. The van der Waals surface area contributed by atoms with E-state index in [1.165, 1.54) is 0 Å². The monoisotopic (exact) mass is 170 g/mol. The van der Waals surface area contributed by atoms with E-state index < -0.39 is 17.0 Å². The van der Waals surface area contributed by atoms with Crippen molar-refractivity contribution in [1.29, 1.82) is 0 Å². The van der Waals surface area contributed by atoms with Crippen LogP contribution in [0.1, 0.15) is 5.76 Å². The molecule has 0 aliphatic carbocycles. The van der Waals surface area contributed by atoms with Gasteiger partial charge in [-0.05, 0) is 0 Å². The van der Waals surface area contributed by atoms with E-state index >= 15 is 0 Å². The van der Waals surface area contributed by atoms with E-state index in [1.54, 1.807) is 0 Å². The molecule has 0 atom stereocenters. The van der Waals surface area contributed by atoms with E-state index in [9.17, 15) is 4.79 Å². The van der Waals surface area contributed by atoms with Crippen molar-refractivity contribution < 1.29 is 14.7 Å². The van der Waals surface area contributed by atoms with Crippen LogP contribution in [0.3, 0.4) is 0 Å². The second-order valence-corrected chi connectivity index (χ2v) is 1.95. The van der Waals surface area contributed by atoms with Crippen molar-refractivity contribution in [1.82, 2.24) is 0 Å². The minimum absolute atomic E-state index is 0.343. The van der Waals surface area contributed by atoms with Gasteiger partial charge in [0, 0.05) is 6.07 Å². The van der Waals surface area contributed by atoms with Gasteiger partial charge in [-0.3, -0.25) is 4.79 Å². The molecule has 1 heterocycles. The van der Waals surface area contributed by atoms with Gasteiger partial charge in [0.25, 0.3) is 0 Å². The maximum absolute atomic E-state index is 10.8. The van der Waals surface area contributed by atoms with Gasteiger partial charge in [-0.1, -0.05) is 5.16 Å². The summed E-state index contributed by atoms with van der Waals surface area (Å²) in [5.74, 6) is -1.47. The first kappa shape index (κ1) is 8.12. The Bertz CT molecular complexity index is 368. The number of amidine groups is 1. The van der Waals surface area contributed by atoms with E-state index in [0.29, 0.717) is 0 Å². The summed E-state index contributed by atoms with van der Waals surface area (Å²) in [4.78, 5) is 10.8. The Morgan fingerprint density at radius 2 is 2.33 bits per heavy atom.